The van der Waals surface area contributed by atoms with Crippen LogP contribution < -0.4 is 0 Å². The lowest BCUT2D eigenvalue weighted by atomic mass is 9.59. The SMILES string of the molecule is C=C1C(=O)O[C@H]2C3=C(C)CC[C@H](O)[C@@]3(C)CC[C@@H]12. The zero-order chi connectivity index (χ0) is 13.1. The van der Waals surface area contributed by atoms with Crippen LogP contribution in [-0.2, 0) is 9.53 Å². The Hall–Kier alpha value is -1.09. The first-order valence-electron chi connectivity index (χ1n) is 6.73. The molecule has 0 bridgehead atoms. The highest BCUT2D eigenvalue weighted by Gasteiger charge is 2.54. The second-order valence-corrected chi connectivity index (χ2v) is 6.16. The minimum atomic E-state index is -0.315. The average molecular weight is 248 g/mol. The van der Waals surface area contributed by atoms with Gasteiger partial charge in [0.2, 0.25) is 0 Å². The molecular formula is C15H20O3. The molecule has 18 heavy (non-hydrogen) atoms. The Morgan fingerprint density at radius 2 is 2.17 bits per heavy atom. The number of esters is 1. The zero-order valence-corrected chi connectivity index (χ0v) is 11.0. The molecule has 1 N–H and O–H groups in total. The van der Waals surface area contributed by atoms with Gasteiger partial charge in [-0.2, -0.15) is 0 Å². The van der Waals surface area contributed by atoms with Crippen molar-refractivity contribution in [2.24, 2.45) is 11.3 Å². The highest BCUT2D eigenvalue weighted by molar-refractivity contribution is 5.91. The van der Waals surface area contributed by atoms with Crippen molar-refractivity contribution in [3.05, 3.63) is 23.3 Å². The summed E-state index contributed by atoms with van der Waals surface area (Å²) in [6.07, 6.45) is 3.04. The number of rotatable bonds is 0. The molecular weight excluding hydrogens is 228 g/mol. The van der Waals surface area contributed by atoms with Crippen molar-refractivity contribution in [2.75, 3.05) is 0 Å². The normalized spacial score (nSPS) is 43.6. The molecule has 1 saturated heterocycles. The summed E-state index contributed by atoms with van der Waals surface area (Å²) in [6.45, 7) is 8.08. The summed E-state index contributed by atoms with van der Waals surface area (Å²) >= 11 is 0. The molecule has 2 aliphatic carbocycles. The van der Waals surface area contributed by atoms with Crippen molar-refractivity contribution in [1.82, 2.24) is 0 Å². The minimum Gasteiger partial charge on any atom is -0.454 e. The maximum Gasteiger partial charge on any atom is 0.334 e. The lowest BCUT2D eigenvalue weighted by Gasteiger charge is -2.48. The maximum absolute atomic E-state index is 11.7. The third kappa shape index (κ3) is 1.37. The fourth-order valence-corrected chi connectivity index (χ4v) is 3.99. The van der Waals surface area contributed by atoms with Gasteiger partial charge in [0.25, 0.3) is 0 Å². The first-order chi connectivity index (χ1) is 8.45. The summed E-state index contributed by atoms with van der Waals surface area (Å²) in [5.74, 6) is -0.129. The molecule has 1 saturated carbocycles. The van der Waals surface area contributed by atoms with E-state index in [2.05, 4.69) is 20.4 Å². The van der Waals surface area contributed by atoms with E-state index in [1.54, 1.807) is 0 Å². The highest BCUT2D eigenvalue weighted by atomic mass is 16.6. The van der Waals surface area contributed by atoms with Crippen LogP contribution in [0.2, 0.25) is 0 Å². The molecule has 3 heteroatoms. The van der Waals surface area contributed by atoms with Gasteiger partial charge in [0.15, 0.2) is 0 Å². The number of aliphatic hydroxyl groups is 1. The van der Waals surface area contributed by atoms with E-state index >= 15 is 0 Å². The first kappa shape index (κ1) is 12.0. The van der Waals surface area contributed by atoms with Crippen LogP contribution in [0, 0.1) is 11.3 Å². The number of allylic oxidation sites excluding steroid dienone is 1. The minimum absolute atomic E-state index is 0.126. The molecule has 0 amide bonds. The summed E-state index contributed by atoms with van der Waals surface area (Å²) in [7, 11) is 0. The summed E-state index contributed by atoms with van der Waals surface area (Å²) < 4.78 is 5.52. The number of fused-ring (bicyclic) bond motifs is 3. The number of carbonyl (C=O) groups excluding carboxylic acids is 1. The summed E-state index contributed by atoms with van der Waals surface area (Å²) in [6, 6.07) is 0. The van der Waals surface area contributed by atoms with Gasteiger partial charge in [-0.25, -0.2) is 4.79 Å². The van der Waals surface area contributed by atoms with Gasteiger partial charge in [0.05, 0.1) is 6.10 Å². The molecule has 4 atom stereocenters. The molecule has 3 aliphatic rings. The largest absolute Gasteiger partial charge is 0.454 e. The molecule has 0 spiro atoms. The molecule has 0 radical (unpaired) electrons. The molecule has 1 heterocycles. The van der Waals surface area contributed by atoms with E-state index in [1.807, 2.05) is 0 Å². The Labute approximate surface area is 108 Å². The number of hydrogen-bond donors (Lipinski definition) is 1. The van der Waals surface area contributed by atoms with Gasteiger partial charge in [-0.1, -0.05) is 19.1 Å². The van der Waals surface area contributed by atoms with Crippen LogP contribution in [0.15, 0.2) is 23.3 Å². The van der Waals surface area contributed by atoms with Crippen molar-refractivity contribution in [2.45, 2.75) is 51.7 Å². The van der Waals surface area contributed by atoms with Crippen molar-refractivity contribution < 1.29 is 14.6 Å². The molecule has 0 unspecified atom stereocenters. The molecule has 3 nitrogen and oxygen atoms in total. The molecule has 3 rings (SSSR count). The predicted molar refractivity (Wildman–Crippen MR) is 67.8 cm³/mol. The van der Waals surface area contributed by atoms with E-state index < -0.39 is 0 Å². The quantitative estimate of drug-likeness (QED) is 0.406. The van der Waals surface area contributed by atoms with E-state index in [1.165, 1.54) is 11.1 Å². The van der Waals surface area contributed by atoms with Crippen molar-refractivity contribution >= 4 is 5.97 Å². The molecule has 98 valence electrons. The molecule has 1 aliphatic heterocycles. The number of carbonyl (C=O) groups is 1. The summed E-state index contributed by atoms with van der Waals surface area (Å²) in [4.78, 5) is 11.7. The van der Waals surface area contributed by atoms with Crippen LogP contribution in [0.3, 0.4) is 0 Å². The van der Waals surface area contributed by atoms with Gasteiger partial charge in [0.1, 0.15) is 6.10 Å². The summed E-state index contributed by atoms with van der Waals surface area (Å²) in [5, 5.41) is 10.3. The van der Waals surface area contributed by atoms with Crippen molar-refractivity contribution in [1.29, 1.82) is 0 Å². The number of aliphatic hydroxyl groups excluding tert-OH is 1. The van der Waals surface area contributed by atoms with Gasteiger partial charge in [-0.05, 0) is 38.2 Å². The van der Waals surface area contributed by atoms with Crippen molar-refractivity contribution in [3.63, 3.8) is 0 Å². The van der Waals surface area contributed by atoms with E-state index in [-0.39, 0.29) is 29.5 Å². The van der Waals surface area contributed by atoms with Gasteiger partial charge in [-0.3, -0.25) is 0 Å². The monoisotopic (exact) mass is 248 g/mol. The Bertz CT molecular complexity index is 462. The Kier molecular flexibility index (Phi) is 2.46. The second-order valence-electron chi connectivity index (χ2n) is 6.16. The smallest absolute Gasteiger partial charge is 0.334 e. The van der Waals surface area contributed by atoms with Crippen LogP contribution in [0.5, 0.6) is 0 Å². The van der Waals surface area contributed by atoms with E-state index in [0.29, 0.717) is 5.57 Å². The number of ether oxygens (including phenoxy) is 1. The molecule has 2 fully saturated rings. The van der Waals surface area contributed by atoms with Gasteiger partial charge in [-0.15, -0.1) is 0 Å². The van der Waals surface area contributed by atoms with Crippen molar-refractivity contribution in [3.8, 4) is 0 Å². The fourth-order valence-electron chi connectivity index (χ4n) is 3.99. The van der Waals surface area contributed by atoms with Gasteiger partial charge >= 0.3 is 5.97 Å². The molecule has 0 aromatic rings. The fraction of sp³-hybridized carbons (Fsp3) is 0.667. The van der Waals surface area contributed by atoms with E-state index in [9.17, 15) is 9.90 Å². The van der Waals surface area contributed by atoms with Crippen LogP contribution in [0.25, 0.3) is 0 Å². The molecule has 0 aromatic heterocycles. The van der Waals surface area contributed by atoms with Gasteiger partial charge in [0, 0.05) is 16.9 Å². The molecule has 0 aromatic carbocycles. The first-order valence-corrected chi connectivity index (χ1v) is 6.73. The third-order valence-corrected chi connectivity index (χ3v) is 5.17. The van der Waals surface area contributed by atoms with Crippen LogP contribution in [-0.4, -0.2) is 23.3 Å². The Morgan fingerprint density at radius 3 is 2.89 bits per heavy atom. The second kappa shape index (κ2) is 3.70. The van der Waals surface area contributed by atoms with Crippen LogP contribution in [0.4, 0.5) is 0 Å². The lowest BCUT2D eigenvalue weighted by Crippen LogP contribution is -2.46. The average Bonchev–Trinajstić information content (AvgIpc) is 2.60. The Morgan fingerprint density at radius 1 is 1.44 bits per heavy atom. The number of hydrogen-bond acceptors (Lipinski definition) is 3. The predicted octanol–water partition coefficient (Wildman–Crippen LogP) is 2.36. The van der Waals surface area contributed by atoms with E-state index in [4.69, 9.17) is 4.74 Å². The van der Waals surface area contributed by atoms with Gasteiger partial charge < -0.3 is 9.84 Å². The van der Waals surface area contributed by atoms with Crippen LogP contribution in [0.1, 0.15) is 39.5 Å². The topological polar surface area (TPSA) is 46.5 Å². The summed E-state index contributed by atoms with van der Waals surface area (Å²) in [5.41, 5.74) is 2.86. The Balaban J connectivity index is 2.08. The lowest BCUT2D eigenvalue weighted by molar-refractivity contribution is -0.139. The zero-order valence-electron chi connectivity index (χ0n) is 11.0. The van der Waals surface area contributed by atoms with E-state index in [0.717, 1.165) is 25.7 Å². The standard InChI is InChI=1S/C15H20O3/c1-8-4-5-11(16)15(3)7-6-10-9(2)14(17)18-13(10)12(8)15/h10-11,13,16H,2,4-7H2,1,3H3/t10-,11-,13+,15+/m0/s1. The third-order valence-electron chi connectivity index (χ3n) is 5.17. The maximum atomic E-state index is 11.7. The highest BCUT2D eigenvalue weighted by Crippen LogP contribution is 2.55. The van der Waals surface area contributed by atoms with Crippen LogP contribution >= 0.6 is 0 Å².